The average Bonchev–Trinajstić information content (AvgIpc) is 0.722. The molecule has 6 heavy (non-hydrogen) atoms. The topological polar surface area (TPSA) is 83.6 Å². The van der Waals surface area contributed by atoms with Crippen LogP contribution in [-0.2, 0) is 4.57 Å². The monoisotopic (exact) mass is 111 g/mol. The summed E-state index contributed by atoms with van der Waals surface area (Å²) < 4.78 is 9.10. The minimum atomic E-state index is -4.14. The van der Waals surface area contributed by atoms with E-state index in [4.69, 9.17) is 14.4 Å². The van der Waals surface area contributed by atoms with Crippen molar-refractivity contribution < 1.29 is 14.4 Å². The molecule has 0 amide bonds. The Kier molecular flexibility index (Phi) is 3.74. The standard InChI is InChI=1S/BH3.H4NO3P/c;1-5(2,3)4/h1H3;(H4,1,2,3,4). The van der Waals surface area contributed by atoms with Gasteiger partial charge in [0.2, 0.25) is 0 Å². The van der Waals surface area contributed by atoms with E-state index in [1.54, 1.807) is 0 Å². The fraction of sp³-hybridized carbons (Fsp3) is 0. The molecule has 4 N–H and O–H groups in total. The van der Waals surface area contributed by atoms with Crippen LogP contribution in [0.15, 0.2) is 0 Å². The molecule has 0 aromatic rings. The Hall–Kier alpha value is 0.175. The van der Waals surface area contributed by atoms with Crippen LogP contribution in [-0.4, -0.2) is 18.2 Å². The summed E-state index contributed by atoms with van der Waals surface area (Å²) in [5, 5.41) is 0. The van der Waals surface area contributed by atoms with Crippen LogP contribution in [0.5, 0.6) is 0 Å². The molecule has 0 saturated carbocycles. The van der Waals surface area contributed by atoms with Crippen LogP contribution in [0.1, 0.15) is 0 Å². The van der Waals surface area contributed by atoms with E-state index < -0.39 is 7.75 Å². The van der Waals surface area contributed by atoms with Gasteiger partial charge in [-0.25, -0.2) is 10.1 Å². The zero-order chi connectivity index (χ0) is 4.50. The summed E-state index contributed by atoms with van der Waals surface area (Å²) >= 11 is 0. The van der Waals surface area contributed by atoms with Crippen molar-refractivity contribution in [2.75, 3.05) is 0 Å². The van der Waals surface area contributed by atoms with Gasteiger partial charge in [-0.05, 0) is 0 Å². The zero-order valence-electron chi connectivity index (χ0n) is 2.33. The van der Waals surface area contributed by atoms with Gasteiger partial charge in [0.1, 0.15) is 0 Å². The minimum Gasteiger partial charge on any atom is -0.313 e. The molecule has 0 aromatic heterocycles. The zero-order valence-corrected chi connectivity index (χ0v) is 3.22. The van der Waals surface area contributed by atoms with Crippen LogP contribution in [0.25, 0.3) is 0 Å². The predicted molar refractivity (Wildman–Crippen MR) is 26.2 cm³/mol. The van der Waals surface area contributed by atoms with Crippen molar-refractivity contribution >= 4 is 16.2 Å². The molecule has 0 fully saturated rings. The SMILES string of the molecule is B.NP(=O)(O)O. The van der Waals surface area contributed by atoms with E-state index in [1.165, 1.54) is 0 Å². The summed E-state index contributed by atoms with van der Waals surface area (Å²) in [7, 11) is -4.14. The molecule has 6 heteroatoms. The third kappa shape index (κ3) is 1380. The van der Waals surface area contributed by atoms with Crippen molar-refractivity contribution in [1.82, 2.24) is 0 Å². The lowest BCUT2D eigenvalue weighted by atomic mass is 10.8. The maximum Gasteiger partial charge on any atom is 0.397 e. The van der Waals surface area contributed by atoms with Crippen molar-refractivity contribution in [3.8, 4) is 0 Å². The van der Waals surface area contributed by atoms with Gasteiger partial charge in [-0.1, -0.05) is 0 Å². The summed E-state index contributed by atoms with van der Waals surface area (Å²) in [5.41, 5.74) is 4.02. The number of rotatable bonds is 0. The van der Waals surface area contributed by atoms with Crippen molar-refractivity contribution in [2.45, 2.75) is 0 Å². The molecule has 0 spiro atoms. The molecule has 0 aliphatic rings. The van der Waals surface area contributed by atoms with E-state index in [-0.39, 0.29) is 8.41 Å². The highest BCUT2D eigenvalue weighted by molar-refractivity contribution is 7.49. The first-order valence-electron chi connectivity index (χ1n) is 0.841. The number of nitrogens with two attached hydrogens (primary N) is 1. The van der Waals surface area contributed by atoms with E-state index in [1.807, 2.05) is 0 Å². The smallest absolute Gasteiger partial charge is 0.313 e. The molecule has 0 aliphatic carbocycles. The van der Waals surface area contributed by atoms with Crippen molar-refractivity contribution in [3.63, 3.8) is 0 Å². The van der Waals surface area contributed by atoms with E-state index in [9.17, 15) is 0 Å². The first-order valence-corrected chi connectivity index (χ1v) is 2.52. The van der Waals surface area contributed by atoms with Crippen molar-refractivity contribution in [2.24, 2.45) is 5.50 Å². The van der Waals surface area contributed by atoms with Gasteiger partial charge in [0.15, 0.2) is 0 Å². The van der Waals surface area contributed by atoms with Crippen LogP contribution in [0.4, 0.5) is 0 Å². The quantitative estimate of drug-likeness (QED) is 0.246. The summed E-state index contributed by atoms with van der Waals surface area (Å²) in [4.78, 5) is 14.8. The fourth-order valence-electron chi connectivity index (χ4n) is 0. The van der Waals surface area contributed by atoms with Crippen LogP contribution in [0, 0.1) is 0 Å². The molecular formula is H7BNO3P. The Morgan fingerprint density at radius 2 is 1.50 bits per heavy atom. The summed E-state index contributed by atoms with van der Waals surface area (Å²) in [6.07, 6.45) is 0. The van der Waals surface area contributed by atoms with Crippen LogP contribution >= 0.6 is 7.75 Å². The number of hydrogen-bond acceptors (Lipinski definition) is 1. The Morgan fingerprint density at radius 3 is 1.50 bits per heavy atom. The van der Waals surface area contributed by atoms with E-state index in [0.717, 1.165) is 0 Å². The highest BCUT2D eigenvalue weighted by Gasteiger charge is 1.96. The Balaban J connectivity index is 0. The molecule has 0 unspecified atom stereocenters. The molecule has 38 valence electrons. The molecular weight excluding hydrogens is 104 g/mol. The molecule has 0 rings (SSSR count). The maximum atomic E-state index is 9.10. The molecule has 4 nitrogen and oxygen atoms in total. The summed E-state index contributed by atoms with van der Waals surface area (Å²) in [5.74, 6) is 0. The second kappa shape index (κ2) is 2.37. The largest absolute Gasteiger partial charge is 0.397 e. The van der Waals surface area contributed by atoms with E-state index in [0.29, 0.717) is 0 Å². The Labute approximate surface area is 37.1 Å². The molecule has 0 bridgehead atoms. The van der Waals surface area contributed by atoms with Crippen LogP contribution in [0.2, 0.25) is 0 Å². The minimum absolute atomic E-state index is 0. The van der Waals surface area contributed by atoms with Gasteiger partial charge >= 0.3 is 7.75 Å². The third-order valence-electron chi connectivity index (χ3n) is 0. The summed E-state index contributed by atoms with van der Waals surface area (Å²) in [6.45, 7) is 0. The molecule has 0 radical (unpaired) electrons. The van der Waals surface area contributed by atoms with Gasteiger partial charge in [0.05, 0.1) is 8.41 Å². The van der Waals surface area contributed by atoms with Gasteiger partial charge in [0, 0.05) is 0 Å². The van der Waals surface area contributed by atoms with E-state index in [2.05, 4.69) is 5.50 Å². The highest BCUT2D eigenvalue weighted by Crippen LogP contribution is 2.20. The molecule has 0 atom stereocenters. The van der Waals surface area contributed by atoms with Gasteiger partial charge in [-0.15, -0.1) is 0 Å². The first-order chi connectivity index (χ1) is 2.00. The second-order valence-electron chi connectivity index (χ2n) is 0.589. The van der Waals surface area contributed by atoms with Gasteiger partial charge in [0.25, 0.3) is 0 Å². The lowest BCUT2D eigenvalue weighted by Gasteiger charge is -1.84. The molecule has 0 saturated heterocycles. The Bertz CT molecular complexity index is 56.9. The average molecular weight is 111 g/mol. The summed E-state index contributed by atoms with van der Waals surface area (Å²) in [6, 6.07) is 0. The van der Waals surface area contributed by atoms with Crippen LogP contribution in [0.3, 0.4) is 0 Å². The van der Waals surface area contributed by atoms with Gasteiger partial charge in [-0.2, -0.15) is 0 Å². The fourth-order valence-corrected chi connectivity index (χ4v) is 0. The normalized spacial score (nSPS) is 9.83. The lowest BCUT2D eigenvalue weighted by molar-refractivity contribution is 0.374. The predicted octanol–water partition coefficient (Wildman–Crippen LogP) is -2.15. The lowest BCUT2D eigenvalue weighted by Crippen LogP contribution is -1.87. The second-order valence-corrected chi connectivity index (χ2v) is 1.77. The van der Waals surface area contributed by atoms with Crippen molar-refractivity contribution in [3.05, 3.63) is 0 Å². The molecule has 0 aliphatic heterocycles. The maximum absolute atomic E-state index is 9.10. The van der Waals surface area contributed by atoms with E-state index >= 15 is 0 Å². The molecule has 0 aromatic carbocycles. The van der Waals surface area contributed by atoms with Gasteiger partial charge in [-0.3, -0.25) is 0 Å². The van der Waals surface area contributed by atoms with Crippen LogP contribution < -0.4 is 5.50 Å². The highest BCUT2D eigenvalue weighted by atomic mass is 31.2. The Morgan fingerprint density at radius 1 is 1.50 bits per heavy atom. The third-order valence-corrected chi connectivity index (χ3v) is 0. The molecule has 0 heterocycles. The first kappa shape index (κ1) is 9.49. The van der Waals surface area contributed by atoms with Crippen molar-refractivity contribution in [1.29, 1.82) is 0 Å². The van der Waals surface area contributed by atoms with Gasteiger partial charge < -0.3 is 9.79 Å². The number of hydrogen-bond donors (Lipinski definition) is 3.